The Morgan fingerprint density at radius 1 is 0.968 bits per heavy atom. The van der Waals surface area contributed by atoms with Gasteiger partial charge in [-0.1, -0.05) is 66.9 Å². The quantitative estimate of drug-likeness (QED) is 0.260. The summed E-state index contributed by atoms with van der Waals surface area (Å²) >= 11 is 7.47. The molecule has 9 heteroatoms. The molecule has 0 radical (unpaired) electrons. The van der Waals surface area contributed by atoms with Crippen LogP contribution in [0.5, 0.6) is 0 Å². The van der Waals surface area contributed by atoms with E-state index in [9.17, 15) is 4.79 Å². The van der Waals surface area contributed by atoms with E-state index in [2.05, 4.69) is 32.0 Å². The number of halogens is 1. The van der Waals surface area contributed by atoms with Crippen molar-refractivity contribution in [3.8, 4) is 11.4 Å². The predicted molar refractivity (Wildman–Crippen MR) is 124 cm³/mol. The number of hydrogen-bond donors (Lipinski definition) is 0. The van der Waals surface area contributed by atoms with Gasteiger partial charge < -0.3 is 4.57 Å². The Bertz CT molecular complexity index is 1220. The predicted octanol–water partition coefficient (Wildman–Crippen LogP) is 5.03. The Balaban J connectivity index is 1.59. The molecule has 0 amide bonds. The zero-order chi connectivity index (χ0) is 21.6. The van der Waals surface area contributed by atoms with E-state index < -0.39 is 0 Å². The van der Waals surface area contributed by atoms with Gasteiger partial charge >= 0.3 is 0 Å². The number of rotatable bonds is 9. The molecule has 0 spiro atoms. The monoisotopic (exact) mass is 454 g/mol. The fraction of sp³-hybridized carbons (Fsp3) is 0.318. The highest BCUT2D eigenvalue weighted by Crippen LogP contribution is 2.26. The molecule has 31 heavy (non-hydrogen) atoms. The van der Waals surface area contributed by atoms with E-state index in [-0.39, 0.29) is 5.56 Å². The number of unbranched alkanes of at least 4 members (excludes halogenated alkanes) is 3. The van der Waals surface area contributed by atoms with Crippen LogP contribution in [-0.4, -0.2) is 29.8 Å². The maximum atomic E-state index is 12.7. The van der Waals surface area contributed by atoms with Gasteiger partial charge in [0, 0.05) is 17.1 Å². The molecule has 0 bridgehead atoms. The molecule has 0 aliphatic carbocycles. The van der Waals surface area contributed by atoms with Crippen molar-refractivity contribution in [3.63, 3.8) is 0 Å². The maximum absolute atomic E-state index is 12.7. The van der Waals surface area contributed by atoms with Gasteiger partial charge in [-0.15, -0.1) is 15.3 Å². The third-order valence-electron chi connectivity index (χ3n) is 5.00. The fourth-order valence-corrected chi connectivity index (χ4v) is 4.30. The summed E-state index contributed by atoms with van der Waals surface area (Å²) in [5.74, 6) is 1.11. The van der Waals surface area contributed by atoms with Gasteiger partial charge in [0.15, 0.2) is 11.0 Å². The molecule has 7 nitrogen and oxygen atoms in total. The van der Waals surface area contributed by atoms with Crippen LogP contribution >= 0.6 is 23.4 Å². The first-order valence-corrected chi connectivity index (χ1v) is 11.7. The van der Waals surface area contributed by atoms with Gasteiger partial charge in [0.05, 0.1) is 11.3 Å². The van der Waals surface area contributed by atoms with Crippen molar-refractivity contribution in [2.45, 2.75) is 50.2 Å². The van der Waals surface area contributed by atoms with Crippen molar-refractivity contribution in [2.75, 3.05) is 0 Å². The van der Waals surface area contributed by atoms with Gasteiger partial charge in [0.2, 0.25) is 0 Å². The number of hydrogen-bond acceptors (Lipinski definition) is 6. The molecular weight excluding hydrogens is 432 g/mol. The van der Waals surface area contributed by atoms with Gasteiger partial charge in [-0.05, 0) is 42.8 Å². The zero-order valence-electron chi connectivity index (χ0n) is 17.2. The fourth-order valence-electron chi connectivity index (χ4n) is 3.33. The molecule has 0 aliphatic heterocycles. The van der Waals surface area contributed by atoms with Crippen molar-refractivity contribution in [1.29, 1.82) is 0 Å². The van der Waals surface area contributed by atoms with Crippen LogP contribution in [0.3, 0.4) is 0 Å². The topological polar surface area (TPSA) is 78.5 Å². The molecule has 0 N–H and O–H groups in total. The van der Waals surface area contributed by atoms with Crippen LogP contribution in [0.2, 0.25) is 5.02 Å². The Morgan fingerprint density at radius 2 is 1.77 bits per heavy atom. The number of benzene rings is 2. The van der Waals surface area contributed by atoms with Crippen molar-refractivity contribution in [1.82, 2.24) is 29.8 Å². The van der Waals surface area contributed by atoms with Crippen LogP contribution in [0.1, 0.15) is 32.6 Å². The minimum Gasteiger partial charge on any atom is -0.302 e. The average molecular weight is 455 g/mol. The average Bonchev–Trinajstić information content (AvgIpc) is 3.19. The normalized spacial score (nSPS) is 11.3. The lowest BCUT2D eigenvalue weighted by Crippen LogP contribution is -2.23. The van der Waals surface area contributed by atoms with Crippen LogP contribution in [0.4, 0.5) is 0 Å². The molecule has 4 rings (SSSR count). The van der Waals surface area contributed by atoms with E-state index in [0.29, 0.717) is 21.8 Å². The lowest BCUT2D eigenvalue weighted by molar-refractivity contribution is 0.555. The second-order valence-corrected chi connectivity index (χ2v) is 8.56. The molecule has 0 unspecified atom stereocenters. The highest BCUT2D eigenvalue weighted by molar-refractivity contribution is 7.98. The second-order valence-electron chi connectivity index (χ2n) is 7.21. The zero-order valence-corrected chi connectivity index (χ0v) is 18.8. The first kappa shape index (κ1) is 21.5. The van der Waals surface area contributed by atoms with E-state index in [0.717, 1.165) is 35.9 Å². The summed E-state index contributed by atoms with van der Waals surface area (Å²) < 4.78 is 3.48. The summed E-state index contributed by atoms with van der Waals surface area (Å²) in [7, 11) is 0. The molecular formula is C22H23ClN6OS. The minimum atomic E-state index is -0.162. The van der Waals surface area contributed by atoms with E-state index in [1.807, 2.05) is 36.4 Å². The molecule has 0 saturated carbocycles. The van der Waals surface area contributed by atoms with Crippen molar-refractivity contribution < 1.29 is 0 Å². The van der Waals surface area contributed by atoms with Gasteiger partial charge in [-0.2, -0.15) is 4.68 Å². The lowest BCUT2D eigenvalue weighted by Gasteiger charge is -2.10. The molecule has 0 aliphatic rings. The van der Waals surface area contributed by atoms with Gasteiger partial charge in [-0.25, -0.2) is 0 Å². The van der Waals surface area contributed by atoms with E-state index in [1.165, 1.54) is 29.3 Å². The Labute approximate surface area is 189 Å². The van der Waals surface area contributed by atoms with Crippen molar-refractivity contribution in [3.05, 3.63) is 63.9 Å². The van der Waals surface area contributed by atoms with Gasteiger partial charge in [0.1, 0.15) is 5.52 Å². The largest absolute Gasteiger partial charge is 0.302 e. The van der Waals surface area contributed by atoms with E-state index in [1.54, 1.807) is 12.1 Å². The number of nitrogens with zero attached hydrogens (tertiary/aromatic N) is 6. The first-order valence-electron chi connectivity index (χ1n) is 10.3. The minimum absolute atomic E-state index is 0.162. The van der Waals surface area contributed by atoms with Crippen molar-refractivity contribution in [2.24, 2.45) is 0 Å². The SMILES string of the molecule is CCCCCCn1c(SCn2nnc3ccccc3c2=O)nnc1-c1ccc(Cl)cc1. The Hall–Kier alpha value is -2.71. The standard InChI is InChI=1S/C22H23ClN6OS/c1-2-3-4-7-14-28-20(16-10-12-17(23)13-11-16)25-26-22(28)31-15-29-21(30)18-8-5-6-9-19(18)24-27-29/h5-6,8-13H,2-4,7,14-15H2,1H3. The first-order chi connectivity index (χ1) is 15.2. The summed E-state index contributed by atoms with van der Waals surface area (Å²) in [6, 6.07) is 14.8. The molecule has 2 aromatic heterocycles. The summed E-state index contributed by atoms with van der Waals surface area (Å²) in [5.41, 5.74) is 1.39. The Morgan fingerprint density at radius 3 is 2.58 bits per heavy atom. The Kier molecular flexibility index (Phi) is 6.99. The molecule has 160 valence electrons. The smallest absolute Gasteiger partial charge is 0.278 e. The van der Waals surface area contributed by atoms with Crippen LogP contribution in [0, 0.1) is 0 Å². The highest BCUT2D eigenvalue weighted by atomic mass is 35.5. The molecule has 4 aromatic rings. The van der Waals surface area contributed by atoms with Crippen LogP contribution in [0.15, 0.2) is 58.5 Å². The van der Waals surface area contributed by atoms with E-state index >= 15 is 0 Å². The number of thioether (sulfide) groups is 1. The van der Waals surface area contributed by atoms with Crippen molar-refractivity contribution >= 4 is 34.3 Å². The molecule has 0 fully saturated rings. The highest BCUT2D eigenvalue weighted by Gasteiger charge is 2.15. The third-order valence-corrected chi connectivity index (χ3v) is 6.19. The number of fused-ring (bicyclic) bond motifs is 1. The summed E-state index contributed by atoms with van der Waals surface area (Å²) in [5, 5.41) is 19.0. The molecule has 0 saturated heterocycles. The molecule has 0 atom stereocenters. The third kappa shape index (κ3) is 4.97. The maximum Gasteiger partial charge on any atom is 0.278 e. The van der Waals surface area contributed by atoms with Crippen LogP contribution in [-0.2, 0) is 12.4 Å². The second kappa shape index (κ2) is 10.1. The summed E-state index contributed by atoms with van der Waals surface area (Å²) in [6.07, 6.45) is 4.56. The lowest BCUT2D eigenvalue weighted by atomic mass is 10.2. The van der Waals surface area contributed by atoms with Gasteiger partial charge in [0.25, 0.3) is 5.56 Å². The summed E-state index contributed by atoms with van der Waals surface area (Å²) in [6.45, 7) is 3.01. The number of aromatic nitrogens is 6. The van der Waals surface area contributed by atoms with Crippen LogP contribution < -0.4 is 5.56 Å². The molecule has 2 heterocycles. The summed E-state index contributed by atoms with van der Waals surface area (Å²) in [4.78, 5) is 12.7. The van der Waals surface area contributed by atoms with Crippen LogP contribution in [0.25, 0.3) is 22.3 Å². The van der Waals surface area contributed by atoms with E-state index in [4.69, 9.17) is 11.6 Å². The molecule has 2 aromatic carbocycles. The van der Waals surface area contributed by atoms with Gasteiger partial charge in [-0.3, -0.25) is 4.79 Å².